The fourth-order valence-corrected chi connectivity index (χ4v) is 3.12. The van der Waals surface area contributed by atoms with Crippen molar-refractivity contribution in [1.82, 2.24) is 15.1 Å². The zero-order valence-electron chi connectivity index (χ0n) is 13.1. The molecule has 0 bridgehead atoms. The molecule has 108 valence electrons. The van der Waals surface area contributed by atoms with Crippen LogP contribution in [0.4, 0.5) is 0 Å². The number of rotatable bonds is 7. The zero-order valence-corrected chi connectivity index (χ0v) is 13.1. The first-order valence-corrected chi connectivity index (χ1v) is 7.73. The van der Waals surface area contributed by atoms with Gasteiger partial charge in [-0.2, -0.15) is 0 Å². The van der Waals surface area contributed by atoms with Crippen LogP contribution in [0.1, 0.15) is 40.5 Å². The predicted molar refractivity (Wildman–Crippen MR) is 80.1 cm³/mol. The molecule has 1 aliphatic heterocycles. The van der Waals surface area contributed by atoms with E-state index in [1.165, 1.54) is 32.5 Å². The van der Waals surface area contributed by atoms with Gasteiger partial charge < -0.3 is 15.1 Å². The van der Waals surface area contributed by atoms with Gasteiger partial charge in [0.2, 0.25) is 0 Å². The molecule has 1 saturated heterocycles. The number of hydrogen-bond acceptors (Lipinski definition) is 3. The molecule has 3 atom stereocenters. The van der Waals surface area contributed by atoms with Crippen LogP contribution in [0.5, 0.6) is 0 Å². The molecule has 0 aromatic heterocycles. The molecule has 0 spiro atoms. The summed E-state index contributed by atoms with van der Waals surface area (Å²) < 4.78 is 0. The molecule has 3 nitrogen and oxygen atoms in total. The van der Waals surface area contributed by atoms with E-state index in [2.05, 4.69) is 49.9 Å². The largest absolute Gasteiger partial charge is 0.310 e. The Bertz CT molecular complexity index is 216. The Morgan fingerprint density at radius 1 is 1.28 bits per heavy atom. The standard InChI is InChI=1S/C15H33N3/c1-6-18(7-2)11-13(3)16-14(4)15-9-8-10-17(5)12-15/h13-16H,6-12H2,1-5H3. The van der Waals surface area contributed by atoms with Gasteiger partial charge in [-0.25, -0.2) is 0 Å². The number of nitrogens with zero attached hydrogens (tertiary/aromatic N) is 2. The molecule has 3 heteroatoms. The maximum absolute atomic E-state index is 3.80. The van der Waals surface area contributed by atoms with Crippen molar-refractivity contribution in [2.24, 2.45) is 5.92 Å². The molecule has 0 amide bonds. The Morgan fingerprint density at radius 2 is 1.94 bits per heavy atom. The first-order chi connectivity index (χ1) is 8.56. The smallest absolute Gasteiger partial charge is 0.0169 e. The van der Waals surface area contributed by atoms with E-state index in [0.717, 1.165) is 19.0 Å². The third kappa shape index (κ3) is 5.25. The van der Waals surface area contributed by atoms with E-state index in [-0.39, 0.29) is 0 Å². The van der Waals surface area contributed by atoms with Gasteiger partial charge in [-0.15, -0.1) is 0 Å². The van der Waals surface area contributed by atoms with E-state index in [1.807, 2.05) is 0 Å². The van der Waals surface area contributed by atoms with Crippen LogP contribution in [0, 0.1) is 5.92 Å². The Kier molecular flexibility index (Phi) is 7.20. The van der Waals surface area contributed by atoms with Crippen LogP contribution in [0.3, 0.4) is 0 Å². The fraction of sp³-hybridized carbons (Fsp3) is 1.00. The Morgan fingerprint density at radius 3 is 2.50 bits per heavy atom. The Balaban J connectivity index is 2.31. The Labute approximate surface area is 114 Å². The van der Waals surface area contributed by atoms with Crippen molar-refractivity contribution in [2.75, 3.05) is 39.8 Å². The average molecular weight is 255 g/mol. The van der Waals surface area contributed by atoms with Gasteiger partial charge in [0.1, 0.15) is 0 Å². The van der Waals surface area contributed by atoms with Crippen LogP contribution < -0.4 is 5.32 Å². The molecular formula is C15H33N3. The third-order valence-corrected chi connectivity index (χ3v) is 4.34. The predicted octanol–water partition coefficient (Wildman–Crippen LogP) is 2.04. The summed E-state index contributed by atoms with van der Waals surface area (Å²) in [7, 11) is 2.25. The van der Waals surface area contributed by atoms with E-state index < -0.39 is 0 Å². The second-order valence-electron chi connectivity index (χ2n) is 6.01. The second kappa shape index (κ2) is 8.13. The molecule has 1 N–H and O–H groups in total. The van der Waals surface area contributed by atoms with Crippen LogP contribution >= 0.6 is 0 Å². The van der Waals surface area contributed by atoms with Gasteiger partial charge in [0.15, 0.2) is 0 Å². The number of nitrogens with one attached hydrogen (secondary N) is 1. The molecular weight excluding hydrogens is 222 g/mol. The quantitative estimate of drug-likeness (QED) is 0.751. The minimum atomic E-state index is 0.590. The van der Waals surface area contributed by atoms with Crippen molar-refractivity contribution in [3.8, 4) is 0 Å². The highest BCUT2D eigenvalue weighted by atomic mass is 15.1. The normalized spacial score (nSPS) is 25.3. The molecule has 1 aliphatic rings. The molecule has 0 saturated carbocycles. The summed E-state index contributed by atoms with van der Waals surface area (Å²) in [6.07, 6.45) is 2.74. The average Bonchev–Trinajstić information content (AvgIpc) is 2.35. The Hall–Kier alpha value is -0.120. The summed E-state index contributed by atoms with van der Waals surface area (Å²) >= 11 is 0. The van der Waals surface area contributed by atoms with Crippen molar-refractivity contribution in [1.29, 1.82) is 0 Å². The lowest BCUT2D eigenvalue weighted by Crippen LogP contribution is -2.49. The van der Waals surface area contributed by atoms with E-state index in [0.29, 0.717) is 12.1 Å². The van der Waals surface area contributed by atoms with Gasteiger partial charge in [-0.3, -0.25) is 0 Å². The molecule has 1 fully saturated rings. The highest BCUT2D eigenvalue weighted by Gasteiger charge is 2.23. The van der Waals surface area contributed by atoms with Crippen molar-refractivity contribution in [2.45, 2.75) is 52.6 Å². The van der Waals surface area contributed by atoms with Crippen LogP contribution in [-0.2, 0) is 0 Å². The minimum Gasteiger partial charge on any atom is -0.310 e. The number of likely N-dealkylation sites (tertiary alicyclic amines) is 1. The molecule has 0 aromatic rings. The zero-order chi connectivity index (χ0) is 13.5. The van der Waals surface area contributed by atoms with Crippen LogP contribution in [0.25, 0.3) is 0 Å². The highest BCUT2D eigenvalue weighted by molar-refractivity contribution is 4.81. The van der Waals surface area contributed by atoms with Crippen molar-refractivity contribution < 1.29 is 0 Å². The lowest BCUT2D eigenvalue weighted by molar-refractivity contribution is 0.167. The van der Waals surface area contributed by atoms with Gasteiger partial charge in [-0.05, 0) is 59.3 Å². The number of likely N-dealkylation sites (N-methyl/N-ethyl adjacent to an activating group) is 1. The molecule has 0 aliphatic carbocycles. The maximum Gasteiger partial charge on any atom is 0.0169 e. The lowest BCUT2D eigenvalue weighted by Gasteiger charge is -2.36. The molecule has 1 heterocycles. The first-order valence-electron chi connectivity index (χ1n) is 7.73. The molecule has 0 aromatic carbocycles. The first kappa shape index (κ1) is 15.9. The summed E-state index contributed by atoms with van der Waals surface area (Å²) in [5.41, 5.74) is 0. The van der Waals surface area contributed by atoms with E-state index in [4.69, 9.17) is 0 Å². The van der Waals surface area contributed by atoms with Gasteiger partial charge in [0.25, 0.3) is 0 Å². The summed E-state index contributed by atoms with van der Waals surface area (Å²) in [4.78, 5) is 4.97. The molecule has 3 unspecified atom stereocenters. The van der Waals surface area contributed by atoms with E-state index >= 15 is 0 Å². The van der Waals surface area contributed by atoms with Gasteiger partial charge in [0, 0.05) is 25.2 Å². The van der Waals surface area contributed by atoms with Gasteiger partial charge in [-0.1, -0.05) is 13.8 Å². The van der Waals surface area contributed by atoms with E-state index in [9.17, 15) is 0 Å². The van der Waals surface area contributed by atoms with Crippen molar-refractivity contribution in [3.63, 3.8) is 0 Å². The van der Waals surface area contributed by atoms with Crippen LogP contribution in [0.2, 0.25) is 0 Å². The monoisotopic (exact) mass is 255 g/mol. The summed E-state index contributed by atoms with van der Waals surface area (Å²) in [6, 6.07) is 1.23. The fourth-order valence-electron chi connectivity index (χ4n) is 3.12. The van der Waals surface area contributed by atoms with E-state index in [1.54, 1.807) is 0 Å². The van der Waals surface area contributed by atoms with Gasteiger partial charge >= 0.3 is 0 Å². The number of piperidine rings is 1. The van der Waals surface area contributed by atoms with Crippen LogP contribution in [0.15, 0.2) is 0 Å². The van der Waals surface area contributed by atoms with Gasteiger partial charge in [0.05, 0.1) is 0 Å². The summed E-state index contributed by atoms with van der Waals surface area (Å²) in [6.45, 7) is 15.2. The summed E-state index contributed by atoms with van der Waals surface area (Å²) in [5, 5.41) is 3.80. The maximum atomic E-state index is 3.80. The second-order valence-corrected chi connectivity index (χ2v) is 6.01. The molecule has 0 radical (unpaired) electrons. The molecule has 18 heavy (non-hydrogen) atoms. The van der Waals surface area contributed by atoms with Crippen LogP contribution in [-0.4, -0.2) is 61.7 Å². The minimum absolute atomic E-state index is 0.590. The van der Waals surface area contributed by atoms with Crippen molar-refractivity contribution >= 4 is 0 Å². The highest BCUT2D eigenvalue weighted by Crippen LogP contribution is 2.18. The lowest BCUT2D eigenvalue weighted by atomic mass is 9.91. The third-order valence-electron chi connectivity index (χ3n) is 4.34. The molecule has 1 rings (SSSR count). The SMILES string of the molecule is CCN(CC)CC(C)NC(C)C1CCCN(C)C1. The number of hydrogen-bond donors (Lipinski definition) is 1. The topological polar surface area (TPSA) is 18.5 Å². The summed E-state index contributed by atoms with van der Waals surface area (Å²) in [5.74, 6) is 0.822. The van der Waals surface area contributed by atoms with Crippen molar-refractivity contribution in [3.05, 3.63) is 0 Å².